The maximum Gasteiger partial charge on any atom is 0.246 e. The molecule has 0 saturated carbocycles. The van der Waals surface area contributed by atoms with E-state index in [1.54, 1.807) is 30.6 Å². The Balaban J connectivity index is 1.92. The van der Waals surface area contributed by atoms with E-state index < -0.39 is 0 Å². The highest BCUT2D eigenvalue weighted by molar-refractivity contribution is 5.87. The topological polar surface area (TPSA) is 49.3 Å². The zero-order chi connectivity index (χ0) is 12.1. The Morgan fingerprint density at radius 1 is 1.24 bits per heavy atom. The average Bonchev–Trinajstić information content (AvgIpc) is 2.40. The van der Waals surface area contributed by atoms with Gasteiger partial charge in [0.05, 0.1) is 0 Å². The van der Waals surface area contributed by atoms with Gasteiger partial charge in [0.1, 0.15) is 0 Å². The molecule has 1 aliphatic heterocycles. The van der Waals surface area contributed by atoms with Crippen molar-refractivity contribution >= 4 is 11.9 Å². The number of piperazine rings is 1. The van der Waals surface area contributed by atoms with Crippen molar-refractivity contribution in [3.8, 4) is 0 Å². The summed E-state index contributed by atoms with van der Waals surface area (Å²) >= 11 is 0. The van der Waals surface area contributed by atoms with Crippen LogP contribution in [0, 0.1) is 0 Å². The van der Waals surface area contributed by atoms with Crippen LogP contribution in [-0.4, -0.2) is 47.0 Å². The molecule has 0 aliphatic carbocycles. The van der Waals surface area contributed by atoms with E-state index in [1.165, 1.54) is 0 Å². The number of allylic oxidation sites excluding steroid dienone is 1. The smallest absolute Gasteiger partial charge is 0.246 e. The Bertz CT molecular complexity index is 396. The lowest BCUT2D eigenvalue weighted by Crippen LogP contribution is -2.48. The molecule has 0 unspecified atom stereocenters. The number of hydrogen-bond acceptors (Lipinski definition) is 4. The first-order chi connectivity index (χ1) is 8.31. The van der Waals surface area contributed by atoms with Gasteiger partial charge in [0.25, 0.3) is 0 Å². The van der Waals surface area contributed by atoms with Gasteiger partial charge >= 0.3 is 0 Å². The van der Waals surface area contributed by atoms with Crippen molar-refractivity contribution in [2.24, 2.45) is 0 Å². The zero-order valence-corrected chi connectivity index (χ0v) is 9.91. The maximum absolute atomic E-state index is 11.6. The van der Waals surface area contributed by atoms with Crippen molar-refractivity contribution in [2.75, 3.05) is 31.1 Å². The lowest BCUT2D eigenvalue weighted by Gasteiger charge is -2.34. The van der Waals surface area contributed by atoms with Crippen LogP contribution in [0.25, 0.3) is 0 Å². The van der Waals surface area contributed by atoms with Gasteiger partial charge in [0.15, 0.2) is 0 Å². The molecule has 1 aliphatic rings. The maximum atomic E-state index is 11.6. The summed E-state index contributed by atoms with van der Waals surface area (Å²) in [7, 11) is 0. The number of anilines is 1. The molecule has 1 aromatic rings. The number of carbonyl (C=O) groups excluding carboxylic acids is 1. The summed E-state index contributed by atoms with van der Waals surface area (Å²) in [5, 5.41) is 0. The molecule has 0 spiro atoms. The first-order valence-electron chi connectivity index (χ1n) is 5.75. The lowest BCUT2D eigenvalue weighted by molar-refractivity contribution is -0.126. The number of aromatic nitrogens is 2. The fraction of sp³-hybridized carbons (Fsp3) is 0.417. The molecule has 1 aromatic heterocycles. The summed E-state index contributed by atoms with van der Waals surface area (Å²) in [6.07, 6.45) is 6.85. The van der Waals surface area contributed by atoms with E-state index in [9.17, 15) is 4.79 Å². The van der Waals surface area contributed by atoms with Gasteiger partial charge in [0, 0.05) is 38.6 Å². The molecule has 90 valence electrons. The van der Waals surface area contributed by atoms with E-state index >= 15 is 0 Å². The number of hydrogen-bond donors (Lipinski definition) is 0. The Hall–Kier alpha value is -1.91. The fourth-order valence-corrected chi connectivity index (χ4v) is 1.83. The van der Waals surface area contributed by atoms with Crippen molar-refractivity contribution in [1.29, 1.82) is 0 Å². The SMILES string of the molecule is CC=CC(=O)N1CCN(c2ncccn2)CC1. The second kappa shape index (κ2) is 5.43. The molecule has 0 N–H and O–H groups in total. The molecule has 5 nitrogen and oxygen atoms in total. The van der Waals surface area contributed by atoms with Gasteiger partial charge in [-0.3, -0.25) is 4.79 Å². The van der Waals surface area contributed by atoms with Crippen LogP contribution in [0.5, 0.6) is 0 Å². The van der Waals surface area contributed by atoms with Gasteiger partial charge in [-0.05, 0) is 19.1 Å². The van der Waals surface area contributed by atoms with Gasteiger partial charge in [-0.1, -0.05) is 6.08 Å². The van der Waals surface area contributed by atoms with Crippen LogP contribution in [-0.2, 0) is 4.79 Å². The minimum absolute atomic E-state index is 0.0844. The van der Waals surface area contributed by atoms with Gasteiger partial charge in [-0.15, -0.1) is 0 Å². The van der Waals surface area contributed by atoms with Crippen molar-refractivity contribution in [3.05, 3.63) is 30.6 Å². The van der Waals surface area contributed by atoms with Crippen molar-refractivity contribution < 1.29 is 4.79 Å². The van der Waals surface area contributed by atoms with Gasteiger partial charge in [0.2, 0.25) is 11.9 Å². The molecule has 0 bridgehead atoms. The number of nitrogens with zero attached hydrogens (tertiary/aromatic N) is 4. The molecular weight excluding hydrogens is 216 g/mol. The highest BCUT2D eigenvalue weighted by Crippen LogP contribution is 2.09. The van der Waals surface area contributed by atoms with Crippen molar-refractivity contribution in [3.63, 3.8) is 0 Å². The van der Waals surface area contributed by atoms with Crippen LogP contribution < -0.4 is 4.90 Å². The van der Waals surface area contributed by atoms with E-state index in [2.05, 4.69) is 14.9 Å². The van der Waals surface area contributed by atoms with Crippen LogP contribution >= 0.6 is 0 Å². The van der Waals surface area contributed by atoms with E-state index in [-0.39, 0.29) is 5.91 Å². The quantitative estimate of drug-likeness (QED) is 0.704. The Labute approximate surface area is 101 Å². The van der Waals surface area contributed by atoms with Crippen LogP contribution in [0.3, 0.4) is 0 Å². The minimum Gasteiger partial charge on any atom is -0.337 e. The summed E-state index contributed by atoms with van der Waals surface area (Å²) in [6, 6.07) is 1.80. The molecule has 5 heteroatoms. The largest absolute Gasteiger partial charge is 0.337 e. The summed E-state index contributed by atoms with van der Waals surface area (Å²) in [4.78, 5) is 24.0. The predicted octanol–water partition coefficient (Wildman–Crippen LogP) is 0.701. The minimum atomic E-state index is 0.0844. The summed E-state index contributed by atoms with van der Waals surface area (Å²) in [5.41, 5.74) is 0. The Kier molecular flexibility index (Phi) is 3.69. The van der Waals surface area contributed by atoms with E-state index in [1.807, 2.05) is 11.8 Å². The second-order valence-electron chi connectivity index (χ2n) is 3.86. The molecule has 1 fully saturated rings. The molecule has 17 heavy (non-hydrogen) atoms. The van der Waals surface area contributed by atoms with E-state index in [0.29, 0.717) is 0 Å². The molecular formula is C12H16N4O. The first kappa shape index (κ1) is 11.6. The third kappa shape index (κ3) is 2.81. The highest BCUT2D eigenvalue weighted by Gasteiger charge is 2.20. The predicted molar refractivity (Wildman–Crippen MR) is 65.6 cm³/mol. The molecule has 1 saturated heterocycles. The Morgan fingerprint density at radius 3 is 2.47 bits per heavy atom. The Morgan fingerprint density at radius 2 is 1.88 bits per heavy atom. The fourth-order valence-electron chi connectivity index (χ4n) is 1.83. The lowest BCUT2D eigenvalue weighted by atomic mass is 10.3. The van der Waals surface area contributed by atoms with Crippen LogP contribution in [0.1, 0.15) is 6.92 Å². The van der Waals surface area contributed by atoms with Crippen molar-refractivity contribution in [2.45, 2.75) is 6.92 Å². The van der Waals surface area contributed by atoms with Gasteiger partial charge < -0.3 is 9.80 Å². The molecule has 2 heterocycles. The molecule has 2 rings (SSSR count). The first-order valence-corrected chi connectivity index (χ1v) is 5.75. The van der Waals surface area contributed by atoms with Crippen LogP contribution in [0.2, 0.25) is 0 Å². The van der Waals surface area contributed by atoms with E-state index in [4.69, 9.17) is 0 Å². The van der Waals surface area contributed by atoms with E-state index in [0.717, 1.165) is 32.1 Å². The molecule has 1 amide bonds. The van der Waals surface area contributed by atoms with Crippen LogP contribution in [0.15, 0.2) is 30.6 Å². The summed E-state index contributed by atoms with van der Waals surface area (Å²) in [5.74, 6) is 0.826. The standard InChI is InChI=1S/C12H16N4O/c1-2-4-11(17)15-7-9-16(10-8-15)12-13-5-3-6-14-12/h2-6H,7-10H2,1H3. The monoisotopic (exact) mass is 232 g/mol. The third-order valence-corrected chi connectivity index (χ3v) is 2.74. The molecule has 0 radical (unpaired) electrons. The normalized spacial score (nSPS) is 16.5. The summed E-state index contributed by atoms with van der Waals surface area (Å²) < 4.78 is 0. The average molecular weight is 232 g/mol. The second-order valence-corrected chi connectivity index (χ2v) is 3.86. The number of rotatable bonds is 2. The van der Waals surface area contributed by atoms with Crippen molar-refractivity contribution in [1.82, 2.24) is 14.9 Å². The molecule has 0 aromatic carbocycles. The zero-order valence-electron chi connectivity index (χ0n) is 9.91. The number of carbonyl (C=O) groups is 1. The van der Waals surface area contributed by atoms with Gasteiger partial charge in [-0.25, -0.2) is 9.97 Å². The highest BCUT2D eigenvalue weighted by atomic mass is 16.2. The number of amides is 1. The van der Waals surface area contributed by atoms with Gasteiger partial charge in [-0.2, -0.15) is 0 Å². The third-order valence-electron chi connectivity index (χ3n) is 2.74. The van der Waals surface area contributed by atoms with Crippen LogP contribution in [0.4, 0.5) is 5.95 Å². The molecule has 0 atom stereocenters. The summed E-state index contributed by atoms with van der Waals surface area (Å²) in [6.45, 7) is 4.87.